The van der Waals surface area contributed by atoms with Gasteiger partial charge in [0.15, 0.2) is 0 Å². The molecule has 0 unspecified atom stereocenters. The zero-order chi connectivity index (χ0) is 21.6. The van der Waals surface area contributed by atoms with Crippen molar-refractivity contribution in [3.8, 4) is 0 Å². The van der Waals surface area contributed by atoms with E-state index in [1.165, 1.54) is 38.2 Å². The number of carbonyl (C=O) groups excluding carboxylic acids is 1. The first-order chi connectivity index (χ1) is 15.1. The van der Waals surface area contributed by atoms with Gasteiger partial charge in [0.25, 0.3) is 5.91 Å². The summed E-state index contributed by atoms with van der Waals surface area (Å²) in [6.07, 6.45) is 6.60. The number of para-hydroxylation sites is 1. The summed E-state index contributed by atoms with van der Waals surface area (Å²) in [6, 6.07) is 14.9. The minimum absolute atomic E-state index is 0.296. The molecule has 5 nitrogen and oxygen atoms in total. The predicted octanol–water partition coefficient (Wildman–Crippen LogP) is 4.50. The SMILES string of the molecule is Cc1ccc(C(=O)NC(=Nc2ccccc2)N2CCN(C3CCCCC3)CC2)cc1F. The van der Waals surface area contributed by atoms with Gasteiger partial charge in [-0.1, -0.05) is 43.5 Å². The van der Waals surface area contributed by atoms with Crippen LogP contribution in [0.25, 0.3) is 0 Å². The highest BCUT2D eigenvalue weighted by molar-refractivity contribution is 6.06. The Labute approximate surface area is 184 Å². The standard InChI is InChI=1S/C25H31FN4O/c1-19-12-13-20(18-23(19)26)24(31)28-25(27-21-8-4-2-5-9-21)30-16-14-29(15-17-30)22-10-6-3-7-11-22/h2,4-5,8-9,12-13,18,22H,3,6-7,10-11,14-17H2,1H3,(H,27,28,31). The predicted molar refractivity (Wildman–Crippen MR) is 122 cm³/mol. The Bertz CT molecular complexity index is 916. The smallest absolute Gasteiger partial charge is 0.258 e. The molecule has 2 aromatic rings. The zero-order valence-corrected chi connectivity index (χ0v) is 18.2. The molecule has 1 heterocycles. The molecular formula is C25H31FN4O. The first-order valence-electron chi connectivity index (χ1n) is 11.3. The van der Waals surface area contributed by atoms with E-state index in [0.29, 0.717) is 23.1 Å². The van der Waals surface area contributed by atoms with E-state index < -0.39 is 0 Å². The summed E-state index contributed by atoms with van der Waals surface area (Å²) in [4.78, 5) is 22.3. The lowest BCUT2D eigenvalue weighted by atomic mass is 9.94. The van der Waals surface area contributed by atoms with Crippen molar-refractivity contribution in [1.82, 2.24) is 15.1 Å². The summed E-state index contributed by atoms with van der Waals surface area (Å²) < 4.78 is 14.0. The summed E-state index contributed by atoms with van der Waals surface area (Å²) in [5, 5.41) is 2.94. The molecule has 1 aliphatic carbocycles. The highest BCUT2D eigenvalue weighted by Crippen LogP contribution is 2.23. The van der Waals surface area contributed by atoms with Crippen LogP contribution in [0.1, 0.15) is 48.0 Å². The van der Waals surface area contributed by atoms with Gasteiger partial charge in [-0.05, 0) is 49.6 Å². The quantitative estimate of drug-likeness (QED) is 0.585. The highest BCUT2D eigenvalue weighted by Gasteiger charge is 2.27. The van der Waals surface area contributed by atoms with Gasteiger partial charge >= 0.3 is 0 Å². The minimum Gasteiger partial charge on any atom is -0.340 e. The normalized spacial score (nSPS) is 18.8. The number of carbonyl (C=O) groups is 1. The van der Waals surface area contributed by atoms with Crippen molar-refractivity contribution in [2.24, 2.45) is 4.99 Å². The molecule has 2 aromatic carbocycles. The number of aryl methyl sites for hydroxylation is 1. The molecule has 1 saturated carbocycles. The summed E-state index contributed by atoms with van der Waals surface area (Å²) >= 11 is 0. The number of nitrogens with zero attached hydrogens (tertiary/aromatic N) is 3. The van der Waals surface area contributed by atoms with Crippen LogP contribution in [-0.2, 0) is 0 Å². The lowest BCUT2D eigenvalue weighted by molar-refractivity contribution is 0.0943. The molecule has 1 amide bonds. The number of guanidine groups is 1. The molecule has 31 heavy (non-hydrogen) atoms. The monoisotopic (exact) mass is 422 g/mol. The number of hydrogen-bond acceptors (Lipinski definition) is 3. The summed E-state index contributed by atoms with van der Waals surface area (Å²) in [6.45, 7) is 5.24. The Hall–Kier alpha value is -2.73. The van der Waals surface area contributed by atoms with Crippen LogP contribution in [0.4, 0.5) is 10.1 Å². The van der Waals surface area contributed by atoms with Crippen LogP contribution in [0.15, 0.2) is 53.5 Å². The fourth-order valence-corrected chi connectivity index (χ4v) is 4.46. The fraction of sp³-hybridized carbons (Fsp3) is 0.440. The molecule has 1 N–H and O–H groups in total. The third-order valence-corrected chi connectivity index (χ3v) is 6.36. The third kappa shape index (κ3) is 5.50. The second-order valence-electron chi connectivity index (χ2n) is 8.50. The molecule has 0 atom stereocenters. The maximum absolute atomic E-state index is 14.0. The number of benzene rings is 2. The minimum atomic E-state index is -0.379. The van der Waals surface area contributed by atoms with Gasteiger partial charge in [0.1, 0.15) is 5.82 Å². The molecule has 164 valence electrons. The number of piperazine rings is 1. The van der Waals surface area contributed by atoms with E-state index in [9.17, 15) is 9.18 Å². The number of amides is 1. The van der Waals surface area contributed by atoms with Crippen molar-refractivity contribution in [3.63, 3.8) is 0 Å². The maximum atomic E-state index is 14.0. The van der Waals surface area contributed by atoms with E-state index in [0.717, 1.165) is 31.9 Å². The highest BCUT2D eigenvalue weighted by atomic mass is 19.1. The molecule has 2 fully saturated rings. The lowest BCUT2D eigenvalue weighted by Crippen LogP contribution is -2.55. The zero-order valence-electron chi connectivity index (χ0n) is 18.2. The fourth-order valence-electron chi connectivity index (χ4n) is 4.46. The second kappa shape index (κ2) is 10.1. The Morgan fingerprint density at radius 1 is 1.00 bits per heavy atom. The lowest BCUT2D eigenvalue weighted by Gasteiger charge is -2.41. The van der Waals surface area contributed by atoms with Gasteiger partial charge in [-0.15, -0.1) is 0 Å². The molecule has 0 radical (unpaired) electrons. The van der Waals surface area contributed by atoms with E-state index in [1.807, 2.05) is 30.3 Å². The molecule has 0 aromatic heterocycles. The number of halogens is 1. The Kier molecular flexibility index (Phi) is 6.97. The molecular weight excluding hydrogens is 391 g/mol. The molecule has 6 heteroatoms. The average Bonchev–Trinajstić information content (AvgIpc) is 2.82. The number of rotatable bonds is 3. The van der Waals surface area contributed by atoms with E-state index in [4.69, 9.17) is 4.99 Å². The topological polar surface area (TPSA) is 47.9 Å². The van der Waals surface area contributed by atoms with Gasteiger partial charge in [-0.25, -0.2) is 9.38 Å². The summed E-state index contributed by atoms with van der Waals surface area (Å²) in [5.41, 5.74) is 1.60. The molecule has 2 aliphatic rings. The van der Waals surface area contributed by atoms with Gasteiger partial charge < -0.3 is 4.90 Å². The van der Waals surface area contributed by atoms with Crippen LogP contribution in [0.5, 0.6) is 0 Å². The third-order valence-electron chi connectivity index (χ3n) is 6.36. The van der Waals surface area contributed by atoms with E-state index in [1.54, 1.807) is 19.1 Å². The van der Waals surface area contributed by atoms with Crippen LogP contribution in [0.3, 0.4) is 0 Å². The van der Waals surface area contributed by atoms with Crippen molar-refractivity contribution in [2.75, 3.05) is 26.2 Å². The number of nitrogens with one attached hydrogen (secondary N) is 1. The molecule has 1 saturated heterocycles. The van der Waals surface area contributed by atoms with Gasteiger partial charge in [0.2, 0.25) is 5.96 Å². The van der Waals surface area contributed by atoms with Crippen molar-refractivity contribution in [3.05, 3.63) is 65.5 Å². The van der Waals surface area contributed by atoms with Crippen LogP contribution in [-0.4, -0.2) is 53.9 Å². The largest absolute Gasteiger partial charge is 0.340 e. The Morgan fingerprint density at radius 2 is 1.71 bits per heavy atom. The molecule has 1 aliphatic heterocycles. The van der Waals surface area contributed by atoms with Gasteiger partial charge in [-0.2, -0.15) is 0 Å². The van der Waals surface area contributed by atoms with Gasteiger partial charge in [0.05, 0.1) is 5.69 Å². The molecule has 0 bridgehead atoms. The maximum Gasteiger partial charge on any atom is 0.258 e. The van der Waals surface area contributed by atoms with Crippen LogP contribution in [0.2, 0.25) is 0 Å². The van der Waals surface area contributed by atoms with Crippen LogP contribution in [0, 0.1) is 12.7 Å². The first-order valence-corrected chi connectivity index (χ1v) is 11.3. The van der Waals surface area contributed by atoms with Crippen LogP contribution < -0.4 is 5.32 Å². The van der Waals surface area contributed by atoms with Crippen molar-refractivity contribution in [2.45, 2.75) is 45.1 Å². The van der Waals surface area contributed by atoms with Gasteiger partial charge in [0, 0.05) is 37.8 Å². The van der Waals surface area contributed by atoms with E-state index in [-0.39, 0.29) is 11.7 Å². The van der Waals surface area contributed by atoms with E-state index >= 15 is 0 Å². The van der Waals surface area contributed by atoms with Crippen LogP contribution >= 0.6 is 0 Å². The van der Waals surface area contributed by atoms with Gasteiger partial charge in [-0.3, -0.25) is 15.0 Å². The summed E-state index contributed by atoms with van der Waals surface area (Å²) in [5.74, 6) is -0.195. The first kappa shape index (κ1) is 21.5. The van der Waals surface area contributed by atoms with Crippen molar-refractivity contribution < 1.29 is 9.18 Å². The van der Waals surface area contributed by atoms with E-state index in [2.05, 4.69) is 15.1 Å². The van der Waals surface area contributed by atoms with Crippen molar-refractivity contribution >= 4 is 17.6 Å². The Morgan fingerprint density at radius 3 is 2.39 bits per heavy atom. The second-order valence-corrected chi connectivity index (χ2v) is 8.50. The Balaban J connectivity index is 1.49. The molecule has 0 spiro atoms. The number of aliphatic imine (C=N–C) groups is 1. The van der Waals surface area contributed by atoms with Crippen molar-refractivity contribution in [1.29, 1.82) is 0 Å². The summed E-state index contributed by atoms with van der Waals surface area (Å²) in [7, 11) is 0. The average molecular weight is 423 g/mol. The molecule has 4 rings (SSSR count). The number of hydrogen-bond donors (Lipinski definition) is 1.